The van der Waals surface area contributed by atoms with Gasteiger partial charge in [0.15, 0.2) is 5.12 Å². The van der Waals surface area contributed by atoms with Gasteiger partial charge >= 0.3 is 5.97 Å². The van der Waals surface area contributed by atoms with Gasteiger partial charge < -0.3 is 4.74 Å². The van der Waals surface area contributed by atoms with Gasteiger partial charge in [-0.2, -0.15) is 0 Å². The van der Waals surface area contributed by atoms with Crippen molar-refractivity contribution < 1.29 is 14.3 Å². The highest BCUT2D eigenvalue weighted by molar-refractivity contribution is 8.13. The van der Waals surface area contributed by atoms with Crippen LogP contribution in [0, 0.1) is 5.92 Å². The van der Waals surface area contributed by atoms with Crippen molar-refractivity contribution in [2.75, 3.05) is 12.4 Å². The maximum absolute atomic E-state index is 11.1. The number of carbonyl (C=O) groups excluding carboxylic acids is 2. The normalized spacial score (nSPS) is 10.5. The molecule has 0 fully saturated rings. The van der Waals surface area contributed by atoms with Crippen LogP contribution in [0.3, 0.4) is 0 Å². The van der Waals surface area contributed by atoms with Crippen molar-refractivity contribution in [3.63, 3.8) is 0 Å². The van der Waals surface area contributed by atoms with Gasteiger partial charge in [-0.25, -0.2) is 0 Å². The van der Waals surface area contributed by atoms with Gasteiger partial charge in [0.2, 0.25) is 0 Å². The van der Waals surface area contributed by atoms with Crippen LogP contribution >= 0.6 is 11.8 Å². The van der Waals surface area contributed by atoms with E-state index in [4.69, 9.17) is 4.74 Å². The minimum Gasteiger partial charge on any atom is -0.465 e. The standard InChI is InChI=1S/C12H22O3S/c1-10(2)12(14)15-8-6-4-5-7-9-16-11(3)13/h10H,4-9H2,1-3H3. The van der Waals surface area contributed by atoms with E-state index in [1.54, 1.807) is 6.92 Å². The van der Waals surface area contributed by atoms with E-state index in [2.05, 4.69) is 0 Å². The average Bonchev–Trinajstić information content (AvgIpc) is 2.21. The molecule has 0 aliphatic carbocycles. The first-order valence-electron chi connectivity index (χ1n) is 5.84. The quantitative estimate of drug-likeness (QED) is 0.488. The van der Waals surface area contributed by atoms with Crippen LogP contribution in [0.25, 0.3) is 0 Å². The molecule has 3 nitrogen and oxygen atoms in total. The Kier molecular flexibility index (Phi) is 9.39. The lowest BCUT2D eigenvalue weighted by atomic mass is 10.2. The first kappa shape index (κ1) is 15.5. The number of rotatable bonds is 8. The summed E-state index contributed by atoms with van der Waals surface area (Å²) in [6.45, 7) is 5.79. The van der Waals surface area contributed by atoms with E-state index >= 15 is 0 Å². The van der Waals surface area contributed by atoms with Crippen LogP contribution in [0.1, 0.15) is 46.5 Å². The molecule has 0 rings (SSSR count). The number of carbonyl (C=O) groups is 2. The summed E-state index contributed by atoms with van der Waals surface area (Å²) >= 11 is 1.38. The fourth-order valence-electron chi connectivity index (χ4n) is 1.11. The van der Waals surface area contributed by atoms with Crippen LogP contribution in [-0.4, -0.2) is 23.4 Å². The fraction of sp³-hybridized carbons (Fsp3) is 0.833. The highest BCUT2D eigenvalue weighted by Crippen LogP contribution is 2.08. The van der Waals surface area contributed by atoms with Crippen molar-refractivity contribution in [2.24, 2.45) is 5.92 Å². The molecule has 0 heterocycles. The predicted octanol–water partition coefficient (Wildman–Crippen LogP) is 3.03. The first-order valence-corrected chi connectivity index (χ1v) is 6.82. The van der Waals surface area contributed by atoms with Crippen LogP contribution in [0.15, 0.2) is 0 Å². The second-order valence-corrected chi connectivity index (χ2v) is 5.35. The molecule has 0 aromatic carbocycles. The molecule has 0 radical (unpaired) electrons. The van der Waals surface area contributed by atoms with Crippen molar-refractivity contribution in [2.45, 2.75) is 46.5 Å². The Morgan fingerprint density at radius 3 is 2.31 bits per heavy atom. The summed E-state index contributed by atoms with van der Waals surface area (Å²) in [5.74, 6) is 0.750. The summed E-state index contributed by atoms with van der Waals surface area (Å²) in [7, 11) is 0. The Bertz CT molecular complexity index is 214. The van der Waals surface area contributed by atoms with Crippen molar-refractivity contribution in [3.05, 3.63) is 0 Å². The zero-order chi connectivity index (χ0) is 12.4. The molecule has 16 heavy (non-hydrogen) atoms. The van der Waals surface area contributed by atoms with Crippen LogP contribution in [-0.2, 0) is 14.3 Å². The van der Waals surface area contributed by atoms with E-state index < -0.39 is 0 Å². The molecule has 4 heteroatoms. The van der Waals surface area contributed by atoms with Gasteiger partial charge in [-0.05, 0) is 12.8 Å². The lowest BCUT2D eigenvalue weighted by molar-refractivity contribution is -0.147. The Morgan fingerprint density at radius 2 is 1.75 bits per heavy atom. The van der Waals surface area contributed by atoms with Gasteiger partial charge in [0.05, 0.1) is 12.5 Å². The highest BCUT2D eigenvalue weighted by atomic mass is 32.2. The minimum atomic E-state index is -0.118. The lowest BCUT2D eigenvalue weighted by Gasteiger charge is -2.06. The Hall–Kier alpha value is -0.510. The molecule has 0 aliphatic rings. The zero-order valence-corrected chi connectivity index (χ0v) is 11.3. The number of hydrogen-bond acceptors (Lipinski definition) is 4. The third-order valence-corrected chi connectivity index (χ3v) is 2.96. The highest BCUT2D eigenvalue weighted by Gasteiger charge is 2.06. The average molecular weight is 246 g/mol. The van der Waals surface area contributed by atoms with Gasteiger partial charge in [-0.3, -0.25) is 9.59 Å². The monoisotopic (exact) mass is 246 g/mol. The molecule has 0 spiro atoms. The fourth-order valence-corrected chi connectivity index (χ4v) is 1.75. The van der Waals surface area contributed by atoms with Crippen LogP contribution in [0.5, 0.6) is 0 Å². The number of hydrogen-bond donors (Lipinski definition) is 0. The van der Waals surface area contributed by atoms with E-state index in [0.717, 1.165) is 31.4 Å². The van der Waals surface area contributed by atoms with Gasteiger partial charge in [0, 0.05) is 12.7 Å². The molecule has 0 amide bonds. The van der Waals surface area contributed by atoms with Gasteiger partial charge in [0.25, 0.3) is 0 Å². The van der Waals surface area contributed by atoms with Crippen LogP contribution in [0.2, 0.25) is 0 Å². The molecule has 0 N–H and O–H groups in total. The van der Waals surface area contributed by atoms with Gasteiger partial charge in [-0.1, -0.05) is 38.5 Å². The SMILES string of the molecule is CC(=O)SCCCCCCOC(=O)C(C)C. The third kappa shape index (κ3) is 10.0. The zero-order valence-electron chi connectivity index (χ0n) is 10.5. The van der Waals surface area contributed by atoms with E-state index in [-0.39, 0.29) is 17.0 Å². The molecule has 0 unspecified atom stereocenters. The Balaban J connectivity index is 3.16. The van der Waals surface area contributed by atoms with Crippen LogP contribution in [0.4, 0.5) is 0 Å². The molecule has 0 aliphatic heterocycles. The molecular weight excluding hydrogens is 224 g/mol. The second kappa shape index (κ2) is 9.70. The van der Waals surface area contributed by atoms with Crippen molar-refractivity contribution >= 4 is 22.8 Å². The number of thioether (sulfide) groups is 1. The lowest BCUT2D eigenvalue weighted by Crippen LogP contribution is -2.12. The summed E-state index contributed by atoms with van der Waals surface area (Å²) in [5, 5.41) is 0.186. The largest absolute Gasteiger partial charge is 0.465 e. The van der Waals surface area contributed by atoms with Crippen LogP contribution < -0.4 is 0 Å². The molecule has 0 aromatic heterocycles. The maximum atomic E-state index is 11.1. The summed E-state index contributed by atoms with van der Waals surface area (Å²) in [4.78, 5) is 21.7. The molecule has 0 atom stereocenters. The smallest absolute Gasteiger partial charge is 0.308 e. The summed E-state index contributed by atoms with van der Waals surface area (Å²) in [6, 6.07) is 0. The number of unbranched alkanes of at least 4 members (excludes halogenated alkanes) is 3. The predicted molar refractivity (Wildman–Crippen MR) is 67.4 cm³/mol. The number of esters is 1. The van der Waals surface area contributed by atoms with E-state index in [0.29, 0.717) is 6.61 Å². The maximum Gasteiger partial charge on any atom is 0.308 e. The van der Waals surface area contributed by atoms with Gasteiger partial charge in [0.1, 0.15) is 0 Å². The van der Waals surface area contributed by atoms with Crippen molar-refractivity contribution in [1.29, 1.82) is 0 Å². The summed E-state index contributed by atoms with van der Waals surface area (Å²) in [5.41, 5.74) is 0. The molecule has 0 saturated carbocycles. The van der Waals surface area contributed by atoms with Gasteiger partial charge in [-0.15, -0.1) is 0 Å². The second-order valence-electron chi connectivity index (χ2n) is 4.08. The molecule has 0 aromatic rings. The topological polar surface area (TPSA) is 43.4 Å². The third-order valence-electron chi connectivity index (χ3n) is 2.06. The molecule has 0 bridgehead atoms. The Labute approximate surface area is 102 Å². The van der Waals surface area contributed by atoms with E-state index in [9.17, 15) is 9.59 Å². The summed E-state index contributed by atoms with van der Waals surface area (Å²) in [6.07, 6.45) is 4.13. The van der Waals surface area contributed by atoms with Crippen molar-refractivity contribution in [3.8, 4) is 0 Å². The first-order chi connectivity index (χ1) is 7.54. The molecule has 0 saturated heterocycles. The van der Waals surface area contributed by atoms with Crippen molar-refractivity contribution in [1.82, 2.24) is 0 Å². The number of ether oxygens (including phenoxy) is 1. The van der Waals surface area contributed by atoms with E-state index in [1.165, 1.54) is 11.8 Å². The molecular formula is C12H22O3S. The summed E-state index contributed by atoms with van der Waals surface area (Å²) < 4.78 is 5.05. The van der Waals surface area contributed by atoms with E-state index in [1.807, 2.05) is 13.8 Å². The Morgan fingerprint density at radius 1 is 1.12 bits per heavy atom. The minimum absolute atomic E-state index is 0.0352. The molecule has 94 valence electrons.